The zero-order chi connectivity index (χ0) is 22.3. The summed E-state index contributed by atoms with van der Waals surface area (Å²) >= 11 is 0. The molecule has 0 radical (unpaired) electrons. The number of alkyl halides is 3. The summed E-state index contributed by atoms with van der Waals surface area (Å²) in [5, 5.41) is 8.19. The van der Waals surface area contributed by atoms with Gasteiger partial charge in [-0.1, -0.05) is 30.3 Å². The number of rotatable bonds is 3. The van der Waals surface area contributed by atoms with Gasteiger partial charge >= 0.3 is 6.18 Å². The highest BCUT2D eigenvalue weighted by Crippen LogP contribution is 2.32. The van der Waals surface area contributed by atoms with E-state index in [1.807, 2.05) is 30.3 Å². The fraction of sp³-hybridized carbons (Fsp3) is 0.409. The first-order valence-electron chi connectivity index (χ1n) is 10.7. The summed E-state index contributed by atoms with van der Waals surface area (Å²) in [5.74, 6) is 0.277. The molecule has 2 fully saturated rings. The predicted octanol–water partition coefficient (Wildman–Crippen LogP) is 3.06. The molecule has 0 saturated carbocycles. The van der Waals surface area contributed by atoms with Crippen LogP contribution in [-0.4, -0.2) is 44.5 Å². The van der Waals surface area contributed by atoms with Gasteiger partial charge in [-0.25, -0.2) is 10.9 Å². The molecule has 168 valence electrons. The van der Waals surface area contributed by atoms with E-state index in [2.05, 4.69) is 21.0 Å². The lowest BCUT2D eigenvalue weighted by atomic mass is 9.95. The number of hydrogen-bond donors (Lipinski definition) is 2. The van der Waals surface area contributed by atoms with E-state index in [4.69, 9.17) is 0 Å². The molecule has 3 aromatic rings. The minimum Gasteiger partial charge on any atom is -0.341 e. The molecule has 1 amide bonds. The second-order valence-electron chi connectivity index (χ2n) is 8.37. The Balaban J connectivity index is 1.31. The lowest BCUT2D eigenvalue weighted by molar-refractivity contribution is -0.138. The predicted molar refractivity (Wildman–Crippen MR) is 110 cm³/mol. The van der Waals surface area contributed by atoms with Crippen LogP contribution in [-0.2, 0) is 11.0 Å². The van der Waals surface area contributed by atoms with Gasteiger partial charge in [-0.2, -0.15) is 13.2 Å². The van der Waals surface area contributed by atoms with Crippen molar-refractivity contribution in [2.45, 2.75) is 43.4 Å². The van der Waals surface area contributed by atoms with Gasteiger partial charge < -0.3 is 4.90 Å². The smallest absolute Gasteiger partial charge is 0.341 e. The third-order valence-electron chi connectivity index (χ3n) is 6.26. The van der Waals surface area contributed by atoms with Crippen molar-refractivity contribution in [2.75, 3.05) is 13.1 Å². The van der Waals surface area contributed by atoms with Crippen LogP contribution in [0.4, 0.5) is 13.2 Å². The van der Waals surface area contributed by atoms with Crippen LogP contribution >= 0.6 is 0 Å². The van der Waals surface area contributed by atoms with Crippen LogP contribution in [0.25, 0.3) is 5.65 Å². The molecule has 2 aliphatic rings. The molecule has 10 heteroatoms. The van der Waals surface area contributed by atoms with Gasteiger partial charge in [0.1, 0.15) is 11.9 Å². The number of halogens is 3. The summed E-state index contributed by atoms with van der Waals surface area (Å²) in [6, 6.07) is 12.0. The second kappa shape index (κ2) is 8.18. The lowest BCUT2D eigenvalue weighted by Crippen LogP contribution is -2.48. The molecular formula is C22H23F3N6O. The van der Waals surface area contributed by atoms with Gasteiger partial charge in [0.25, 0.3) is 0 Å². The summed E-state index contributed by atoms with van der Waals surface area (Å²) in [7, 11) is 0. The molecule has 2 N–H and O–H groups in total. The molecule has 0 bridgehead atoms. The molecule has 7 nitrogen and oxygen atoms in total. The third-order valence-corrected chi connectivity index (χ3v) is 6.26. The average Bonchev–Trinajstić information content (AvgIpc) is 3.46. The van der Waals surface area contributed by atoms with Crippen molar-refractivity contribution in [1.29, 1.82) is 0 Å². The molecule has 3 unspecified atom stereocenters. The minimum absolute atomic E-state index is 0.00886. The summed E-state index contributed by atoms with van der Waals surface area (Å²) in [6.07, 6.45) is -1.28. The topological polar surface area (TPSA) is 74.6 Å². The number of aromatic nitrogens is 3. The fourth-order valence-corrected chi connectivity index (χ4v) is 4.59. The number of nitrogens with one attached hydrogen (secondary N) is 2. The Bertz CT molecular complexity index is 1120. The Kier molecular flexibility index (Phi) is 5.34. The number of carbonyl (C=O) groups is 1. The quantitative estimate of drug-likeness (QED) is 0.650. The zero-order valence-corrected chi connectivity index (χ0v) is 17.2. The highest BCUT2D eigenvalue weighted by atomic mass is 19.4. The fourth-order valence-electron chi connectivity index (χ4n) is 4.59. The molecule has 3 atom stereocenters. The molecule has 32 heavy (non-hydrogen) atoms. The first-order valence-corrected chi connectivity index (χ1v) is 10.7. The lowest BCUT2D eigenvalue weighted by Gasteiger charge is -2.33. The third kappa shape index (κ3) is 3.95. The summed E-state index contributed by atoms with van der Waals surface area (Å²) < 4.78 is 40.9. The summed E-state index contributed by atoms with van der Waals surface area (Å²) in [6.45, 7) is 1.03. The van der Waals surface area contributed by atoms with E-state index >= 15 is 0 Å². The molecule has 2 aliphatic heterocycles. The van der Waals surface area contributed by atoms with Gasteiger partial charge in [0.05, 0.1) is 5.56 Å². The SMILES string of the molecule is O=C(C1CC(c2ccccc2)NN1)N1CCCC(c2nnc3ccc(C(F)(F)F)cn23)C1. The standard InChI is InChI=1S/C22H23F3N6O/c23-22(24,25)16-8-9-19-28-29-20(31(19)13-16)15-7-4-10-30(12-15)21(32)18-11-17(26-27-18)14-5-2-1-3-6-14/h1-3,5-6,8-9,13,15,17-18,26-27H,4,7,10-12H2. The number of hydrazine groups is 1. The second-order valence-corrected chi connectivity index (χ2v) is 8.37. The van der Waals surface area contributed by atoms with E-state index in [-0.39, 0.29) is 23.9 Å². The van der Waals surface area contributed by atoms with Gasteiger partial charge in [-0.15, -0.1) is 10.2 Å². The Hall–Kier alpha value is -2.98. The van der Waals surface area contributed by atoms with Crippen LogP contribution < -0.4 is 10.9 Å². The maximum atomic E-state index is 13.2. The van der Waals surface area contributed by atoms with E-state index in [0.717, 1.165) is 30.7 Å². The van der Waals surface area contributed by atoms with Crippen molar-refractivity contribution in [3.8, 4) is 0 Å². The van der Waals surface area contributed by atoms with E-state index in [1.54, 1.807) is 4.90 Å². The van der Waals surface area contributed by atoms with E-state index in [0.29, 0.717) is 31.0 Å². The highest BCUT2D eigenvalue weighted by Gasteiger charge is 2.36. The van der Waals surface area contributed by atoms with E-state index in [1.165, 1.54) is 10.5 Å². The van der Waals surface area contributed by atoms with E-state index in [9.17, 15) is 18.0 Å². The maximum absolute atomic E-state index is 13.2. The number of piperidine rings is 1. The average molecular weight is 444 g/mol. The normalized spacial score (nSPS) is 24.2. The van der Waals surface area contributed by atoms with Crippen molar-refractivity contribution in [3.63, 3.8) is 0 Å². The number of pyridine rings is 1. The largest absolute Gasteiger partial charge is 0.417 e. The van der Waals surface area contributed by atoms with E-state index < -0.39 is 11.7 Å². The van der Waals surface area contributed by atoms with Gasteiger partial charge in [0.2, 0.25) is 5.91 Å². The Labute approximate surface area is 182 Å². The van der Waals surface area contributed by atoms with Crippen molar-refractivity contribution in [1.82, 2.24) is 30.3 Å². The monoisotopic (exact) mass is 444 g/mol. The van der Waals surface area contributed by atoms with Crippen molar-refractivity contribution >= 4 is 11.6 Å². The Morgan fingerprint density at radius 3 is 2.66 bits per heavy atom. The number of amides is 1. The number of nitrogens with zero attached hydrogens (tertiary/aromatic N) is 4. The van der Waals surface area contributed by atoms with Crippen LogP contribution in [0.3, 0.4) is 0 Å². The van der Waals surface area contributed by atoms with Crippen LogP contribution in [0.15, 0.2) is 48.7 Å². The first kappa shape index (κ1) is 20.9. The van der Waals surface area contributed by atoms with Crippen LogP contribution in [0.1, 0.15) is 48.2 Å². The van der Waals surface area contributed by atoms with Crippen molar-refractivity contribution in [2.24, 2.45) is 0 Å². The number of likely N-dealkylation sites (tertiary alicyclic amines) is 1. The molecule has 4 heterocycles. The van der Waals surface area contributed by atoms with Gasteiger partial charge in [-0.05, 0) is 37.0 Å². The molecule has 0 spiro atoms. The Morgan fingerprint density at radius 1 is 1.06 bits per heavy atom. The number of carbonyl (C=O) groups excluding carboxylic acids is 1. The molecule has 0 aliphatic carbocycles. The molecule has 1 aromatic carbocycles. The zero-order valence-electron chi connectivity index (χ0n) is 17.2. The highest BCUT2D eigenvalue weighted by molar-refractivity contribution is 5.82. The minimum atomic E-state index is -4.44. The number of fused-ring (bicyclic) bond motifs is 1. The van der Waals surface area contributed by atoms with Gasteiger partial charge in [0.15, 0.2) is 5.65 Å². The van der Waals surface area contributed by atoms with Crippen molar-refractivity contribution in [3.05, 3.63) is 65.6 Å². The number of hydrogen-bond acceptors (Lipinski definition) is 5. The molecular weight excluding hydrogens is 421 g/mol. The van der Waals surface area contributed by atoms with Crippen LogP contribution in [0, 0.1) is 0 Å². The summed E-state index contributed by atoms with van der Waals surface area (Å²) in [5.41, 5.74) is 7.03. The molecule has 2 aromatic heterocycles. The Morgan fingerprint density at radius 2 is 1.88 bits per heavy atom. The van der Waals surface area contributed by atoms with Crippen LogP contribution in [0.5, 0.6) is 0 Å². The first-order chi connectivity index (χ1) is 15.4. The van der Waals surface area contributed by atoms with Crippen LogP contribution in [0.2, 0.25) is 0 Å². The van der Waals surface area contributed by atoms with Gasteiger partial charge in [-0.3, -0.25) is 9.20 Å². The van der Waals surface area contributed by atoms with Gasteiger partial charge in [0, 0.05) is 31.2 Å². The molecule has 2 saturated heterocycles. The summed E-state index contributed by atoms with van der Waals surface area (Å²) in [4.78, 5) is 15.0. The van der Waals surface area contributed by atoms with Crippen molar-refractivity contribution < 1.29 is 18.0 Å². The molecule has 5 rings (SSSR count). The maximum Gasteiger partial charge on any atom is 0.417 e. The number of benzene rings is 1.